The molecule has 1 atom stereocenters. The summed E-state index contributed by atoms with van der Waals surface area (Å²) in [6.45, 7) is 5.16. The van der Waals surface area contributed by atoms with E-state index in [0.29, 0.717) is 39.2 Å². The Kier molecular flexibility index (Phi) is 5.11. The van der Waals surface area contributed by atoms with Crippen LogP contribution in [0.5, 0.6) is 0 Å². The third-order valence-corrected chi connectivity index (χ3v) is 5.39. The van der Waals surface area contributed by atoms with E-state index in [2.05, 4.69) is 9.97 Å². The number of hydrogen-bond donors (Lipinski definition) is 1. The Bertz CT molecular complexity index is 841. The number of carbonyl (C=O) groups is 2. The van der Waals surface area contributed by atoms with Gasteiger partial charge in [0.1, 0.15) is 11.9 Å². The fourth-order valence-corrected chi connectivity index (χ4v) is 3.94. The normalized spacial score (nSPS) is 20.9. The second kappa shape index (κ2) is 7.68. The summed E-state index contributed by atoms with van der Waals surface area (Å²) in [5.74, 6) is 1.07. The Balaban J connectivity index is 1.36. The van der Waals surface area contributed by atoms with Crippen molar-refractivity contribution in [1.29, 1.82) is 0 Å². The first-order valence-corrected chi connectivity index (χ1v) is 9.73. The van der Waals surface area contributed by atoms with E-state index in [0.717, 1.165) is 41.7 Å². The van der Waals surface area contributed by atoms with Crippen LogP contribution < -0.4 is 0 Å². The number of aromatic nitrogens is 2. The monoisotopic (exact) mass is 370 g/mol. The quantitative estimate of drug-likeness (QED) is 0.891. The van der Waals surface area contributed by atoms with Crippen molar-refractivity contribution in [3.8, 4) is 0 Å². The number of hydrogen-bond acceptors (Lipinski definition) is 4. The van der Waals surface area contributed by atoms with Gasteiger partial charge in [0.05, 0.1) is 17.5 Å². The van der Waals surface area contributed by atoms with Crippen LogP contribution in [-0.2, 0) is 20.7 Å². The van der Waals surface area contributed by atoms with E-state index >= 15 is 0 Å². The van der Waals surface area contributed by atoms with Crippen LogP contribution in [0.1, 0.15) is 30.7 Å². The third-order valence-electron chi connectivity index (χ3n) is 5.39. The second-order valence-electron chi connectivity index (χ2n) is 7.41. The molecule has 3 heterocycles. The fraction of sp³-hybridized carbons (Fsp3) is 0.550. The molecule has 1 aromatic heterocycles. The van der Waals surface area contributed by atoms with Crippen molar-refractivity contribution < 1.29 is 14.3 Å². The molecular formula is C20H26N4O3. The highest BCUT2D eigenvalue weighted by molar-refractivity contribution is 5.83. The molecule has 7 heteroatoms. The molecule has 4 rings (SSSR count). The van der Waals surface area contributed by atoms with E-state index < -0.39 is 0 Å². The number of nitrogens with zero attached hydrogens (tertiary/aromatic N) is 3. The fourth-order valence-electron chi connectivity index (χ4n) is 3.94. The first-order chi connectivity index (χ1) is 13.1. The Morgan fingerprint density at radius 2 is 2.00 bits per heavy atom. The molecule has 2 aromatic rings. The van der Waals surface area contributed by atoms with Crippen molar-refractivity contribution in [3.63, 3.8) is 0 Å². The molecule has 27 heavy (non-hydrogen) atoms. The molecule has 2 aliphatic heterocycles. The maximum absolute atomic E-state index is 12.8. The van der Waals surface area contributed by atoms with Crippen LogP contribution in [-0.4, -0.2) is 70.5 Å². The number of imidazole rings is 1. The van der Waals surface area contributed by atoms with Crippen molar-refractivity contribution in [2.75, 3.05) is 32.8 Å². The summed E-state index contributed by atoms with van der Waals surface area (Å²) in [4.78, 5) is 36.7. The number of rotatable bonds is 3. The van der Waals surface area contributed by atoms with Crippen LogP contribution in [0.3, 0.4) is 0 Å². The summed E-state index contributed by atoms with van der Waals surface area (Å²) >= 11 is 0. The molecule has 0 saturated carbocycles. The maximum atomic E-state index is 12.8. The van der Waals surface area contributed by atoms with Crippen LogP contribution in [0.25, 0.3) is 11.0 Å². The van der Waals surface area contributed by atoms with Gasteiger partial charge >= 0.3 is 0 Å². The molecule has 2 fully saturated rings. The van der Waals surface area contributed by atoms with Gasteiger partial charge in [-0.2, -0.15) is 0 Å². The number of benzene rings is 1. The Morgan fingerprint density at radius 1 is 1.19 bits per heavy atom. The number of aryl methyl sites for hydroxylation is 1. The van der Waals surface area contributed by atoms with Gasteiger partial charge in [-0.3, -0.25) is 9.59 Å². The van der Waals surface area contributed by atoms with Crippen molar-refractivity contribution in [2.45, 2.75) is 38.7 Å². The molecule has 0 radical (unpaired) electrons. The molecule has 144 valence electrons. The van der Waals surface area contributed by atoms with Crippen molar-refractivity contribution >= 4 is 22.8 Å². The largest absolute Gasteiger partial charge is 0.368 e. The number of fused-ring (bicyclic) bond motifs is 1. The van der Waals surface area contributed by atoms with Crippen molar-refractivity contribution in [1.82, 2.24) is 19.8 Å². The van der Waals surface area contributed by atoms with Gasteiger partial charge < -0.3 is 19.5 Å². The molecular weight excluding hydrogens is 344 g/mol. The smallest absolute Gasteiger partial charge is 0.251 e. The lowest BCUT2D eigenvalue weighted by molar-refractivity contribution is -0.141. The van der Waals surface area contributed by atoms with E-state index in [1.807, 2.05) is 34.9 Å². The molecule has 7 nitrogen and oxygen atoms in total. The van der Waals surface area contributed by atoms with E-state index in [1.165, 1.54) is 0 Å². The number of amides is 2. The standard InChI is InChI=1S/C20H26N4O3/c1-14-21-16-6-5-15(12-17(16)22-14)13-19(25)23-7-3-8-24(10-9-23)20(26)18-4-2-11-27-18/h5-6,12,18H,2-4,7-11,13H2,1H3,(H,21,22). The van der Waals surface area contributed by atoms with Crippen molar-refractivity contribution in [3.05, 3.63) is 29.6 Å². The molecule has 0 aliphatic carbocycles. The summed E-state index contributed by atoms with van der Waals surface area (Å²) in [7, 11) is 0. The minimum absolute atomic E-state index is 0.0851. The zero-order valence-corrected chi connectivity index (χ0v) is 15.7. The highest BCUT2D eigenvalue weighted by Gasteiger charge is 2.30. The number of aromatic amines is 1. The van der Waals surface area contributed by atoms with E-state index in [-0.39, 0.29) is 17.9 Å². The van der Waals surface area contributed by atoms with E-state index in [4.69, 9.17) is 4.74 Å². The van der Waals surface area contributed by atoms with Gasteiger partial charge in [0, 0.05) is 32.8 Å². The maximum Gasteiger partial charge on any atom is 0.251 e. The summed E-state index contributed by atoms with van der Waals surface area (Å²) < 4.78 is 5.52. The van der Waals surface area contributed by atoms with Crippen LogP contribution in [0, 0.1) is 6.92 Å². The Labute approximate surface area is 158 Å². The molecule has 1 N–H and O–H groups in total. The van der Waals surface area contributed by atoms with Gasteiger partial charge in [0.15, 0.2) is 0 Å². The van der Waals surface area contributed by atoms with Crippen LogP contribution >= 0.6 is 0 Å². The number of nitrogens with one attached hydrogen (secondary N) is 1. The van der Waals surface area contributed by atoms with E-state index in [9.17, 15) is 9.59 Å². The first-order valence-electron chi connectivity index (χ1n) is 9.73. The summed E-state index contributed by atoms with van der Waals surface area (Å²) in [6.07, 6.45) is 2.66. The lowest BCUT2D eigenvalue weighted by atomic mass is 10.1. The average molecular weight is 370 g/mol. The van der Waals surface area contributed by atoms with Gasteiger partial charge in [-0.15, -0.1) is 0 Å². The SMILES string of the molecule is Cc1nc2ccc(CC(=O)N3CCCN(C(=O)C4CCCO4)CC3)cc2[nH]1. The topological polar surface area (TPSA) is 78.5 Å². The first kappa shape index (κ1) is 18.0. The number of carbonyl (C=O) groups excluding carboxylic acids is 2. The van der Waals surface area contributed by atoms with Crippen molar-refractivity contribution in [2.24, 2.45) is 0 Å². The predicted octanol–water partition coefficient (Wildman–Crippen LogP) is 1.65. The zero-order chi connectivity index (χ0) is 18.8. The molecule has 0 bridgehead atoms. The zero-order valence-electron chi connectivity index (χ0n) is 15.7. The van der Waals surface area contributed by atoms with Crippen LogP contribution in [0.15, 0.2) is 18.2 Å². The van der Waals surface area contributed by atoms with Gasteiger partial charge in [0.2, 0.25) is 5.91 Å². The molecule has 1 aromatic carbocycles. The highest BCUT2D eigenvalue weighted by Crippen LogP contribution is 2.17. The lowest BCUT2D eigenvalue weighted by Crippen LogP contribution is -2.42. The van der Waals surface area contributed by atoms with Gasteiger partial charge in [-0.1, -0.05) is 6.07 Å². The molecule has 1 unspecified atom stereocenters. The predicted molar refractivity (Wildman–Crippen MR) is 101 cm³/mol. The lowest BCUT2D eigenvalue weighted by Gasteiger charge is -2.24. The Hall–Kier alpha value is -2.41. The summed E-state index contributed by atoms with van der Waals surface area (Å²) in [5, 5.41) is 0. The highest BCUT2D eigenvalue weighted by atomic mass is 16.5. The number of ether oxygens (including phenoxy) is 1. The summed E-state index contributed by atoms with van der Waals surface area (Å²) in [5.41, 5.74) is 2.86. The van der Waals surface area contributed by atoms with Gasteiger partial charge in [-0.25, -0.2) is 4.98 Å². The minimum Gasteiger partial charge on any atom is -0.368 e. The van der Waals surface area contributed by atoms with Gasteiger partial charge in [0.25, 0.3) is 5.91 Å². The summed E-state index contributed by atoms with van der Waals surface area (Å²) in [6, 6.07) is 5.91. The second-order valence-corrected chi connectivity index (χ2v) is 7.41. The third kappa shape index (κ3) is 3.98. The molecule has 2 amide bonds. The Morgan fingerprint density at radius 3 is 2.81 bits per heavy atom. The molecule has 2 aliphatic rings. The number of H-pyrrole nitrogens is 1. The average Bonchev–Trinajstić information content (AvgIpc) is 3.23. The minimum atomic E-state index is -0.281. The van der Waals surface area contributed by atoms with Gasteiger partial charge in [-0.05, 0) is 43.9 Å². The van der Waals surface area contributed by atoms with Crippen LogP contribution in [0.4, 0.5) is 0 Å². The van der Waals surface area contributed by atoms with Crippen LogP contribution in [0.2, 0.25) is 0 Å². The van der Waals surface area contributed by atoms with E-state index in [1.54, 1.807) is 0 Å². The molecule has 0 spiro atoms. The molecule has 2 saturated heterocycles.